The van der Waals surface area contributed by atoms with Crippen LogP contribution in [0.3, 0.4) is 0 Å². The lowest BCUT2D eigenvalue weighted by atomic mass is 9.87. The number of hydrogen-bond donors (Lipinski definition) is 3. The van der Waals surface area contributed by atoms with E-state index < -0.39 is 17.4 Å². The first-order valence-corrected chi connectivity index (χ1v) is 10.9. The van der Waals surface area contributed by atoms with E-state index in [-0.39, 0.29) is 35.8 Å². The molecule has 0 amide bonds. The monoisotopic (exact) mass is 483 g/mol. The van der Waals surface area contributed by atoms with Gasteiger partial charge in [-0.1, -0.05) is 12.1 Å². The Morgan fingerprint density at radius 1 is 0.943 bits per heavy atom. The van der Waals surface area contributed by atoms with Gasteiger partial charge in [0.05, 0.1) is 33.3 Å². The summed E-state index contributed by atoms with van der Waals surface area (Å²) >= 11 is 0. The summed E-state index contributed by atoms with van der Waals surface area (Å²) in [7, 11) is 4.23. The van der Waals surface area contributed by atoms with Gasteiger partial charge >= 0.3 is 5.97 Å². The van der Waals surface area contributed by atoms with Gasteiger partial charge in [0.25, 0.3) is 5.56 Å². The molecule has 0 radical (unpaired) electrons. The molecule has 1 aromatic heterocycles. The van der Waals surface area contributed by atoms with Gasteiger partial charge in [0.2, 0.25) is 0 Å². The molecule has 35 heavy (non-hydrogen) atoms. The number of phenolic OH excluding ortho intramolecular Hbond substituents is 2. The number of phenols is 2. The van der Waals surface area contributed by atoms with Crippen molar-refractivity contribution < 1.29 is 34.3 Å². The molecular weight excluding hydrogens is 454 g/mol. The number of nitrogens with zero attached hydrogens (tertiary/aromatic N) is 1. The van der Waals surface area contributed by atoms with Crippen LogP contribution in [0, 0.1) is 6.92 Å². The molecule has 0 aliphatic carbocycles. The van der Waals surface area contributed by atoms with Gasteiger partial charge in [0, 0.05) is 29.8 Å². The normalized spacial score (nSPS) is 11.7. The van der Waals surface area contributed by atoms with Crippen molar-refractivity contribution in [1.29, 1.82) is 0 Å². The fourth-order valence-corrected chi connectivity index (χ4v) is 4.06. The van der Waals surface area contributed by atoms with Crippen LogP contribution < -0.4 is 15.0 Å². The topological polar surface area (TPSA) is 127 Å². The summed E-state index contributed by atoms with van der Waals surface area (Å²) in [4.78, 5) is 26.0. The zero-order valence-corrected chi connectivity index (χ0v) is 20.1. The Balaban J connectivity index is 2.10. The molecule has 0 aliphatic rings. The minimum absolute atomic E-state index is 0.0398. The van der Waals surface area contributed by atoms with Crippen molar-refractivity contribution >= 4 is 5.97 Å². The number of carbonyl (C=O) groups excluding carboxylic acids is 1. The average Bonchev–Trinajstić information content (AvgIpc) is 2.84. The van der Waals surface area contributed by atoms with E-state index in [1.54, 1.807) is 31.2 Å². The molecule has 0 saturated carbocycles. The van der Waals surface area contributed by atoms with Gasteiger partial charge < -0.3 is 34.1 Å². The SMILES string of the molecule is COC(=O)C[C@H](c1ccc(OC)cc1OC)c1c(O)cc(C)n(CCc2ccc(O)c(O)c2)c1=O. The van der Waals surface area contributed by atoms with Gasteiger partial charge in [-0.3, -0.25) is 9.59 Å². The predicted octanol–water partition coefficient (Wildman–Crippen LogP) is 3.23. The highest BCUT2D eigenvalue weighted by molar-refractivity contribution is 5.72. The number of pyridine rings is 1. The number of esters is 1. The summed E-state index contributed by atoms with van der Waals surface area (Å²) in [6.45, 7) is 1.94. The molecule has 1 atom stereocenters. The first kappa shape index (κ1) is 25.5. The van der Waals surface area contributed by atoms with Crippen LogP contribution in [0.25, 0.3) is 0 Å². The Bertz CT molecular complexity index is 1280. The third kappa shape index (κ3) is 5.51. The summed E-state index contributed by atoms with van der Waals surface area (Å²) in [6, 6.07) is 11.0. The predicted molar refractivity (Wildman–Crippen MR) is 129 cm³/mol. The van der Waals surface area contributed by atoms with Crippen LogP contribution >= 0.6 is 0 Å². The Hall–Kier alpha value is -4.14. The van der Waals surface area contributed by atoms with E-state index >= 15 is 0 Å². The van der Waals surface area contributed by atoms with Crippen LogP contribution in [0.15, 0.2) is 47.3 Å². The first-order valence-electron chi connectivity index (χ1n) is 10.9. The molecule has 3 rings (SSSR count). The molecule has 0 fully saturated rings. The van der Waals surface area contributed by atoms with Crippen molar-refractivity contribution in [2.24, 2.45) is 0 Å². The Kier molecular flexibility index (Phi) is 7.91. The maximum Gasteiger partial charge on any atom is 0.306 e. The molecule has 0 saturated heterocycles. The summed E-state index contributed by atoms with van der Waals surface area (Å²) in [5.41, 5.74) is 1.34. The summed E-state index contributed by atoms with van der Waals surface area (Å²) in [6.07, 6.45) is 0.184. The van der Waals surface area contributed by atoms with Crippen molar-refractivity contribution in [3.05, 3.63) is 75.2 Å². The van der Waals surface area contributed by atoms with Crippen molar-refractivity contribution in [3.63, 3.8) is 0 Å². The number of benzene rings is 2. The van der Waals surface area contributed by atoms with Crippen molar-refractivity contribution in [2.75, 3.05) is 21.3 Å². The molecule has 0 spiro atoms. The second-order valence-corrected chi connectivity index (χ2v) is 8.06. The zero-order chi connectivity index (χ0) is 25.7. The number of carbonyl (C=O) groups is 1. The van der Waals surface area contributed by atoms with E-state index in [0.29, 0.717) is 34.7 Å². The average molecular weight is 484 g/mol. The second kappa shape index (κ2) is 10.9. The molecular formula is C26H29NO8. The first-order chi connectivity index (χ1) is 16.7. The van der Waals surface area contributed by atoms with Crippen LogP contribution in [0.4, 0.5) is 0 Å². The second-order valence-electron chi connectivity index (χ2n) is 8.06. The van der Waals surface area contributed by atoms with Gasteiger partial charge in [0.15, 0.2) is 11.5 Å². The quantitative estimate of drug-likeness (QED) is 0.313. The third-order valence-corrected chi connectivity index (χ3v) is 5.95. The highest BCUT2D eigenvalue weighted by Crippen LogP contribution is 2.39. The largest absolute Gasteiger partial charge is 0.507 e. The Morgan fingerprint density at radius 3 is 2.31 bits per heavy atom. The minimum Gasteiger partial charge on any atom is -0.507 e. The van der Waals surface area contributed by atoms with Crippen molar-refractivity contribution in [2.45, 2.75) is 32.2 Å². The Labute approximate surface area is 202 Å². The van der Waals surface area contributed by atoms with Crippen molar-refractivity contribution in [1.82, 2.24) is 4.57 Å². The van der Waals surface area contributed by atoms with Crippen molar-refractivity contribution in [3.8, 4) is 28.7 Å². The van der Waals surface area contributed by atoms with Gasteiger partial charge in [-0.05, 0) is 43.2 Å². The van der Waals surface area contributed by atoms with Gasteiger partial charge in [-0.2, -0.15) is 0 Å². The van der Waals surface area contributed by atoms with E-state index in [4.69, 9.17) is 14.2 Å². The molecule has 0 unspecified atom stereocenters. The van der Waals surface area contributed by atoms with E-state index in [1.165, 1.54) is 44.1 Å². The molecule has 3 N–H and O–H groups in total. The maximum atomic E-state index is 13.7. The zero-order valence-electron chi connectivity index (χ0n) is 20.1. The van der Waals surface area contributed by atoms with Crippen LogP contribution in [0.2, 0.25) is 0 Å². The summed E-state index contributed by atoms with van der Waals surface area (Å²) in [5, 5.41) is 30.1. The number of rotatable bonds is 9. The van der Waals surface area contributed by atoms with Gasteiger partial charge in [-0.15, -0.1) is 0 Å². The molecule has 0 bridgehead atoms. The van der Waals surface area contributed by atoms with Gasteiger partial charge in [0.1, 0.15) is 17.2 Å². The van der Waals surface area contributed by atoms with Crippen LogP contribution in [-0.4, -0.2) is 47.2 Å². The highest BCUT2D eigenvalue weighted by Gasteiger charge is 2.29. The lowest BCUT2D eigenvalue weighted by Crippen LogP contribution is -2.29. The molecule has 0 aliphatic heterocycles. The number of ether oxygens (including phenoxy) is 3. The summed E-state index contributed by atoms with van der Waals surface area (Å²) < 4.78 is 17.1. The smallest absolute Gasteiger partial charge is 0.306 e. The van der Waals surface area contributed by atoms with Crippen LogP contribution in [-0.2, 0) is 22.5 Å². The molecule has 186 valence electrons. The fraction of sp³-hybridized carbons (Fsp3) is 0.308. The molecule has 3 aromatic rings. The lowest BCUT2D eigenvalue weighted by Gasteiger charge is -2.22. The summed E-state index contributed by atoms with van der Waals surface area (Å²) in [5.74, 6) is -1.19. The van der Waals surface area contributed by atoms with E-state index in [9.17, 15) is 24.9 Å². The van der Waals surface area contributed by atoms with Crippen LogP contribution in [0.5, 0.6) is 28.7 Å². The highest BCUT2D eigenvalue weighted by atomic mass is 16.5. The van der Waals surface area contributed by atoms with E-state index in [2.05, 4.69) is 0 Å². The number of aromatic nitrogens is 1. The minimum atomic E-state index is -0.847. The number of aromatic hydroxyl groups is 3. The lowest BCUT2D eigenvalue weighted by molar-refractivity contribution is -0.140. The molecule has 9 nitrogen and oxygen atoms in total. The molecule has 1 heterocycles. The number of methoxy groups -OCH3 is 3. The van der Waals surface area contributed by atoms with E-state index in [0.717, 1.165) is 0 Å². The molecule has 9 heteroatoms. The van der Waals surface area contributed by atoms with Crippen LogP contribution in [0.1, 0.15) is 34.7 Å². The fourth-order valence-electron chi connectivity index (χ4n) is 4.06. The third-order valence-electron chi connectivity index (χ3n) is 5.95. The van der Waals surface area contributed by atoms with Gasteiger partial charge in [-0.25, -0.2) is 0 Å². The maximum absolute atomic E-state index is 13.7. The van der Waals surface area contributed by atoms with E-state index in [1.807, 2.05) is 0 Å². The number of aryl methyl sites for hydroxylation is 2. The standard InChI is InChI=1S/C26H29NO8/c1-15-11-22(30)25(26(32)27(15)10-9-16-5-8-20(28)21(29)12-16)19(14-24(31)35-4)18-7-6-17(33-2)13-23(18)34-3/h5-8,11-13,19,28-30H,9-10,14H2,1-4H3/t19-/m1/s1. The molecule has 2 aromatic carbocycles. The Morgan fingerprint density at radius 2 is 1.69 bits per heavy atom. The number of hydrogen-bond acceptors (Lipinski definition) is 8.